The van der Waals surface area contributed by atoms with Crippen molar-refractivity contribution in [3.8, 4) is 17.4 Å². The molecular formula is C25H25F2N5O3. The zero-order valence-corrected chi connectivity index (χ0v) is 19.3. The number of benzene rings is 2. The van der Waals surface area contributed by atoms with E-state index in [0.717, 1.165) is 43.8 Å². The number of aromatic nitrogens is 2. The van der Waals surface area contributed by atoms with Crippen LogP contribution in [0.15, 0.2) is 42.5 Å². The lowest BCUT2D eigenvalue weighted by molar-refractivity contribution is 0.205. The van der Waals surface area contributed by atoms with Gasteiger partial charge in [-0.3, -0.25) is 0 Å². The van der Waals surface area contributed by atoms with Crippen LogP contribution in [0, 0.1) is 11.6 Å². The molecule has 1 saturated heterocycles. The number of fused-ring (bicyclic) bond motifs is 1. The van der Waals surface area contributed by atoms with Crippen molar-refractivity contribution in [1.82, 2.24) is 14.9 Å². The predicted octanol–water partition coefficient (Wildman–Crippen LogP) is 4.75. The molecule has 5 rings (SSSR count). The van der Waals surface area contributed by atoms with Crippen LogP contribution in [0.5, 0.6) is 17.4 Å². The van der Waals surface area contributed by atoms with E-state index in [4.69, 9.17) is 14.5 Å². The highest BCUT2D eigenvalue weighted by Crippen LogP contribution is 2.33. The van der Waals surface area contributed by atoms with Gasteiger partial charge in [-0.1, -0.05) is 6.07 Å². The molecule has 3 heterocycles. The normalized spacial score (nSPS) is 15.1. The fourth-order valence-corrected chi connectivity index (χ4v) is 4.24. The lowest BCUT2D eigenvalue weighted by Gasteiger charge is -2.30. The maximum Gasteiger partial charge on any atom is 0.322 e. The molecule has 2 amide bonds. The van der Waals surface area contributed by atoms with E-state index < -0.39 is 11.6 Å². The van der Waals surface area contributed by atoms with Crippen LogP contribution in [-0.2, 0) is 13.0 Å². The molecule has 182 valence electrons. The van der Waals surface area contributed by atoms with Crippen molar-refractivity contribution in [2.75, 3.05) is 37.0 Å². The minimum Gasteiger partial charge on any atom is -0.497 e. The Morgan fingerprint density at radius 3 is 2.60 bits per heavy atom. The Morgan fingerprint density at radius 1 is 1.00 bits per heavy atom. The van der Waals surface area contributed by atoms with Gasteiger partial charge >= 0.3 is 6.03 Å². The average molecular weight is 482 g/mol. The molecule has 2 aliphatic heterocycles. The summed E-state index contributed by atoms with van der Waals surface area (Å²) in [6.45, 7) is 2.37. The number of methoxy groups -OCH3 is 1. The molecule has 0 aliphatic carbocycles. The lowest BCUT2D eigenvalue weighted by Crippen LogP contribution is -2.39. The molecule has 0 unspecified atom stereocenters. The summed E-state index contributed by atoms with van der Waals surface area (Å²) in [7, 11) is 1.56. The fourth-order valence-electron chi connectivity index (χ4n) is 4.24. The van der Waals surface area contributed by atoms with Crippen molar-refractivity contribution in [1.29, 1.82) is 0 Å². The molecule has 35 heavy (non-hydrogen) atoms. The maximum absolute atomic E-state index is 13.8. The van der Waals surface area contributed by atoms with Gasteiger partial charge in [0, 0.05) is 43.9 Å². The predicted molar refractivity (Wildman–Crippen MR) is 126 cm³/mol. The number of rotatable bonds is 5. The van der Waals surface area contributed by atoms with E-state index in [9.17, 15) is 13.6 Å². The number of anilines is 2. The van der Waals surface area contributed by atoms with Gasteiger partial charge in [-0.15, -0.1) is 0 Å². The van der Waals surface area contributed by atoms with Crippen molar-refractivity contribution in [3.63, 3.8) is 0 Å². The first-order valence-electron chi connectivity index (χ1n) is 11.5. The van der Waals surface area contributed by atoms with Crippen LogP contribution in [-0.4, -0.2) is 47.6 Å². The second-order valence-electron chi connectivity index (χ2n) is 8.46. The van der Waals surface area contributed by atoms with E-state index in [-0.39, 0.29) is 24.2 Å². The standard InChI is InChI=1S/C25H25F2N5O3/c1-34-17-6-4-5-16(13-17)28-25(33)32-12-9-22-19(15-32)23(30-24(29-22)31-10-2-3-11-31)35-18-7-8-20(26)21(27)14-18/h4-8,13-14H,2-3,9-12,15H2,1H3,(H,28,33). The first-order chi connectivity index (χ1) is 17.0. The first kappa shape index (κ1) is 22.8. The molecule has 1 aromatic heterocycles. The summed E-state index contributed by atoms with van der Waals surface area (Å²) in [6, 6.07) is 10.2. The number of halogens is 2. The number of amides is 2. The van der Waals surface area contributed by atoms with Gasteiger partial charge in [-0.2, -0.15) is 4.98 Å². The number of carbonyl (C=O) groups is 1. The summed E-state index contributed by atoms with van der Waals surface area (Å²) in [4.78, 5) is 26.1. The highest BCUT2D eigenvalue weighted by atomic mass is 19.2. The molecule has 0 atom stereocenters. The zero-order valence-electron chi connectivity index (χ0n) is 19.3. The number of hydrogen-bond donors (Lipinski definition) is 1. The topological polar surface area (TPSA) is 79.8 Å². The van der Waals surface area contributed by atoms with E-state index in [2.05, 4.69) is 15.2 Å². The molecule has 1 N–H and O–H groups in total. The van der Waals surface area contributed by atoms with Crippen LogP contribution >= 0.6 is 0 Å². The van der Waals surface area contributed by atoms with Gasteiger partial charge in [0.15, 0.2) is 11.6 Å². The molecule has 0 radical (unpaired) electrons. The van der Waals surface area contributed by atoms with Crippen LogP contribution in [0.3, 0.4) is 0 Å². The zero-order chi connectivity index (χ0) is 24.4. The second kappa shape index (κ2) is 9.73. The fraction of sp³-hybridized carbons (Fsp3) is 0.320. The SMILES string of the molecule is COc1cccc(NC(=O)N2CCc3nc(N4CCCC4)nc(Oc4ccc(F)c(F)c4)c3C2)c1. The van der Waals surface area contributed by atoms with Crippen molar-refractivity contribution in [3.05, 3.63) is 65.4 Å². The smallest absolute Gasteiger partial charge is 0.322 e. The molecule has 2 aliphatic rings. The Hall–Kier alpha value is -3.95. The summed E-state index contributed by atoms with van der Waals surface area (Å²) in [5.41, 5.74) is 2.04. The quantitative estimate of drug-likeness (QED) is 0.567. The number of hydrogen-bond acceptors (Lipinski definition) is 6. The van der Waals surface area contributed by atoms with E-state index in [1.54, 1.807) is 36.3 Å². The van der Waals surface area contributed by atoms with Crippen LogP contribution < -0.4 is 19.7 Å². The molecule has 1 fully saturated rings. The number of ether oxygens (including phenoxy) is 2. The number of urea groups is 1. The summed E-state index contributed by atoms with van der Waals surface area (Å²) in [5, 5.41) is 2.88. The third kappa shape index (κ3) is 4.96. The molecule has 2 aromatic carbocycles. The van der Waals surface area contributed by atoms with Crippen molar-refractivity contribution >= 4 is 17.7 Å². The summed E-state index contributed by atoms with van der Waals surface area (Å²) in [5.74, 6) is -0.424. The minimum atomic E-state index is -1.01. The van der Waals surface area contributed by atoms with Gasteiger partial charge in [0.1, 0.15) is 11.5 Å². The molecule has 10 heteroatoms. The highest BCUT2D eigenvalue weighted by molar-refractivity contribution is 5.89. The largest absolute Gasteiger partial charge is 0.497 e. The lowest BCUT2D eigenvalue weighted by atomic mass is 10.1. The van der Waals surface area contributed by atoms with Crippen molar-refractivity contribution in [2.24, 2.45) is 0 Å². The van der Waals surface area contributed by atoms with E-state index in [1.165, 1.54) is 6.07 Å². The summed E-state index contributed by atoms with van der Waals surface area (Å²) >= 11 is 0. The Morgan fingerprint density at radius 2 is 1.83 bits per heavy atom. The van der Waals surface area contributed by atoms with Gasteiger partial charge in [-0.25, -0.2) is 18.6 Å². The summed E-state index contributed by atoms with van der Waals surface area (Å²) in [6.07, 6.45) is 2.62. The molecule has 8 nitrogen and oxygen atoms in total. The Labute approximate surface area is 201 Å². The first-order valence-corrected chi connectivity index (χ1v) is 11.5. The molecule has 0 bridgehead atoms. The van der Waals surface area contributed by atoms with Gasteiger partial charge in [0.25, 0.3) is 0 Å². The van der Waals surface area contributed by atoms with E-state index in [0.29, 0.717) is 35.9 Å². The Balaban J connectivity index is 1.42. The van der Waals surface area contributed by atoms with Gasteiger partial charge in [-0.05, 0) is 37.1 Å². The monoisotopic (exact) mass is 481 g/mol. The second-order valence-corrected chi connectivity index (χ2v) is 8.46. The molecule has 0 saturated carbocycles. The van der Waals surface area contributed by atoms with E-state index >= 15 is 0 Å². The third-order valence-corrected chi connectivity index (χ3v) is 6.11. The van der Waals surface area contributed by atoms with Gasteiger partial charge in [0.05, 0.1) is 24.9 Å². The average Bonchev–Trinajstić information content (AvgIpc) is 3.41. The Bertz CT molecular complexity index is 1250. The highest BCUT2D eigenvalue weighted by Gasteiger charge is 2.28. The minimum absolute atomic E-state index is 0.120. The number of nitrogens with zero attached hydrogens (tertiary/aromatic N) is 4. The maximum atomic E-state index is 13.8. The Kier molecular flexibility index (Phi) is 6.35. The summed E-state index contributed by atoms with van der Waals surface area (Å²) < 4.78 is 38.4. The molecule has 0 spiro atoms. The van der Waals surface area contributed by atoms with Gasteiger partial charge in [0.2, 0.25) is 11.8 Å². The number of nitrogens with one attached hydrogen (secondary N) is 1. The van der Waals surface area contributed by atoms with E-state index in [1.807, 2.05) is 0 Å². The third-order valence-electron chi connectivity index (χ3n) is 6.11. The molecule has 3 aromatic rings. The van der Waals surface area contributed by atoms with Crippen LogP contribution in [0.25, 0.3) is 0 Å². The van der Waals surface area contributed by atoms with Crippen molar-refractivity contribution in [2.45, 2.75) is 25.8 Å². The van der Waals surface area contributed by atoms with Crippen LogP contribution in [0.2, 0.25) is 0 Å². The number of carbonyl (C=O) groups excluding carboxylic acids is 1. The molecular weight excluding hydrogens is 456 g/mol. The van der Waals surface area contributed by atoms with Crippen molar-refractivity contribution < 1.29 is 23.0 Å². The van der Waals surface area contributed by atoms with Crippen LogP contribution in [0.4, 0.5) is 25.2 Å². The van der Waals surface area contributed by atoms with Gasteiger partial charge < -0.3 is 24.6 Å². The van der Waals surface area contributed by atoms with Crippen LogP contribution in [0.1, 0.15) is 24.1 Å².